The minimum absolute atomic E-state index is 0.160. The van der Waals surface area contributed by atoms with E-state index in [9.17, 15) is 4.79 Å². The zero-order valence-corrected chi connectivity index (χ0v) is 8.95. The summed E-state index contributed by atoms with van der Waals surface area (Å²) in [4.78, 5) is 11.3. The van der Waals surface area contributed by atoms with E-state index in [2.05, 4.69) is 0 Å². The van der Waals surface area contributed by atoms with Crippen LogP contribution in [0.3, 0.4) is 0 Å². The highest BCUT2D eigenvalue weighted by molar-refractivity contribution is 7.98. The normalized spacial score (nSPS) is 12.9. The topological polar surface area (TPSA) is 26.3 Å². The molecule has 12 heavy (non-hydrogen) atoms. The fourth-order valence-corrected chi connectivity index (χ4v) is 1.44. The van der Waals surface area contributed by atoms with Crippen LogP contribution in [-0.4, -0.2) is 30.5 Å². The van der Waals surface area contributed by atoms with Crippen LogP contribution in [0, 0.1) is 0 Å². The van der Waals surface area contributed by atoms with Crippen LogP contribution in [0.15, 0.2) is 0 Å². The Bertz CT molecular complexity index is 126. The van der Waals surface area contributed by atoms with Gasteiger partial charge in [0, 0.05) is 13.0 Å². The van der Waals surface area contributed by atoms with Crippen LogP contribution in [0.5, 0.6) is 0 Å². The standard InChI is InChI=1S/C9H18O2S/c1-4-8(10)9(11-5-2)6-7-12-3/h9H,4-7H2,1-3H3. The third kappa shape index (κ3) is 4.78. The molecule has 0 aromatic rings. The second-order valence-electron chi connectivity index (χ2n) is 2.55. The summed E-state index contributed by atoms with van der Waals surface area (Å²) in [7, 11) is 0. The molecule has 0 saturated carbocycles. The molecular weight excluding hydrogens is 172 g/mol. The summed E-state index contributed by atoms with van der Waals surface area (Å²) in [5.74, 6) is 1.22. The molecule has 0 aliphatic rings. The molecule has 0 aromatic heterocycles. The van der Waals surface area contributed by atoms with E-state index in [1.54, 1.807) is 11.8 Å². The van der Waals surface area contributed by atoms with E-state index in [1.165, 1.54) is 0 Å². The summed E-state index contributed by atoms with van der Waals surface area (Å²) in [5.41, 5.74) is 0. The molecule has 0 radical (unpaired) electrons. The number of hydrogen-bond donors (Lipinski definition) is 0. The quantitative estimate of drug-likeness (QED) is 0.615. The number of carbonyl (C=O) groups excluding carboxylic acids is 1. The summed E-state index contributed by atoms with van der Waals surface area (Å²) in [6, 6.07) is 0. The number of ketones is 1. The Morgan fingerprint density at radius 3 is 2.58 bits per heavy atom. The average molecular weight is 190 g/mol. The molecule has 0 rings (SSSR count). The van der Waals surface area contributed by atoms with Gasteiger partial charge in [0.15, 0.2) is 5.78 Å². The lowest BCUT2D eigenvalue weighted by atomic mass is 10.1. The van der Waals surface area contributed by atoms with E-state index in [4.69, 9.17) is 4.74 Å². The maximum atomic E-state index is 11.3. The Morgan fingerprint density at radius 2 is 2.17 bits per heavy atom. The number of rotatable bonds is 7. The SMILES string of the molecule is CCOC(CCSC)C(=O)CC. The van der Waals surface area contributed by atoms with Crippen molar-refractivity contribution in [1.82, 2.24) is 0 Å². The molecule has 0 bridgehead atoms. The number of thioether (sulfide) groups is 1. The third-order valence-electron chi connectivity index (χ3n) is 1.66. The third-order valence-corrected chi connectivity index (χ3v) is 2.30. The van der Waals surface area contributed by atoms with Crippen LogP contribution in [-0.2, 0) is 9.53 Å². The van der Waals surface area contributed by atoms with Gasteiger partial charge in [0.05, 0.1) is 0 Å². The number of carbonyl (C=O) groups is 1. The first-order valence-electron chi connectivity index (χ1n) is 4.39. The molecule has 3 heteroatoms. The lowest BCUT2D eigenvalue weighted by molar-refractivity contribution is -0.130. The fourth-order valence-electron chi connectivity index (χ4n) is 0.991. The van der Waals surface area contributed by atoms with E-state index in [-0.39, 0.29) is 11.9 Å². The monoisotopic (exact) mass is 190 g/mol. The van der Waals surface area contributed by atoms with Gasteiger partial charge in [0.1, 0.15) is 6.10 Å². The van der Waals surface area contributed by atoms with E-state index < -0.39 is 0 Å². The largest absolute Gasteiger partial charge is 0.371 e. The van der Waals surface area contributed by atoms with Crippen molar-refractivity contribution >= 4 is 17.5 Å². The van der Waals surface area contributed by atoms with Crippen LogP contribution in [0.2, 0.25) is 0 Å². The number of Topliss-reactive ketones (excluding diaryl/α,β-unsaturated/α-hetero) is 1. The maximum Gasteiger partial charge on any atom is 0.161 e. The van der Waals surface area contributed by atoms with Gasteiger partial charge in [0.2, 0.25) is 0 Å². The van der Waals surface area contributed by atoms with Gasteiger partial charge in [-0.1, -0.05) is 6.92 Å². The van der Waals surface area contributed by atoms with Crippen LogP contribution in [0.4, 0.5) is 0 Å². The van der Waals surface area contributed by atoms with Gasteiger partial charge in [-0.25, -0.2) is 0 Å². The van der Waals surface area contributed by atoms with Gasteiger partial charge in [0.25, 0.3) is 0 Å². The smallest absolute Gasteiger partial charge is 0.161 e. The molecule has 1 unspecified atom stereocenters. The molecule has 72 valence electrons. The highest BCUT2D eigenvalue weighted by Crippen LogP contribution is 2.07. The van der Waals surface area contributed by atoms with Gasteiger partial charge in [-0.05, 0) is 25.4 Å². The minimum Gasteiger partial charge on any atom is -0.371 e. The van der Waals surface area contributed by atoms with Crippen molar-refractivity contribution in [2.45, 2.75) is 32.8 Å². The van der Waals surface area contributed by atoms with Gasteiger partial charge >= 0.3 is 0 Å². The number of ether oxygens (including phenoxy) is 1. The summed E-state index contributed by atoms with van der Waals surface area (Å²) in [5, 5.41) is 0. The van der Waals surface area contributed by atoms with E-state index in [1.807, 2.05) is 20.1 Å². The molecule has 2 nitrogen and oxygen atoms in total. The molecule has 0 spiro atoms. The summed E-state index contributed by atoms with van der Waals surface area (Å²) in [6.45, 7) is 4.44. The maximum absolute atomic E-state index is 11.3. The Balaban J connectivity index is 3.76. The highest BCUT2D eigenvalue weighted by Gasteiger charge is 2.15. The fraction of sp³-hybridized carbons (Fsp3) is 0.889. The van der Waals surface area contributed by atoms with Gasteiger partial charge in [-0.2, -0.15) is 11.8 Å². The first-order chi connectivity index (χ1) is 5.76. The molecule has 0 saturated heterocycles. The van der Waals surface area contributed by atoms with Crippen molar-refractivity contribution in [2.24, 2.45) is 0 Å². The summed E-state index contributed by atoms with van der Waals surface area (Å²) < 4.78 is 5.33. The predicted molar refractivity (Wildman–Crippen MR) is 53.7 cm³/mol. The van der Waals surface area contributed by atoms with Crippen molar-refractivity contribution in [1.29, 1.82) is 0 Å². The van der Waals surface area contributed by atoms with Crippen LogP contribution in [0.1, 0.15) is 26.7 Å². The molecule has 1 atom stereocenters. The molecule has 0 aliphatic heterocycles. The molecular formula is C9H18O2S. The van der Waals surface area contributed by atoms with Crippen molar-refractivity contribution in [2.75, 3.05) is 18.6 Å². The molecule has 0 amide bonds. The molecule has 0 N–H and O–H groups in total. The Hall–Kier alpha value is -0.0200. The van der Waals surface area contributed by atoms with Crippen LogP contribution < -0.4 is 0 Å². The Labute approximate surface area is 79.1 Å². The molecule has 0 aromatic carbocycles. The Morgan fingerprint density at radius 1 is 1.50 bits per heavy atom. The second-order valence-corrected chi connectivity index (χ2v) is 3.53. The molecule has 0 fully saturated rings. The van der Waals surface area contributed by atoms with Crippen molar-refractivity contribution in [3.8, 4) is 0 Å². The van der Waals surface area contributed by atoms with Crippen molar-refractivity contribution in [3.05, 3.63) is 0 Å². The first kappa shape index (κ1) is 12.0. The van der Waals surface area contributed by atoms with Gasteiger partial charge in [-0.3, -0.25) is 4.79 Å². The molecule has 0 heterocycles. The highest BCUT2D eigenvalue weighted by atomic mass is 32.2. The van der Waals surface area contributed by atoms with E-state index in [0.717, 1.165) is 12.2 Å². The lowest BCUT2D eigenvalue weighted by Crippen LogP contribution is -2.24. The second kappa shape index (κ2) is 7.62. The average Bonchev–Trinajstić information content (AvgIpc) is 2.11. The predicted octanol–water partition coefficient (Wildman–Crippen LogP) is 2.12. The van der Waals surface area contributed by atoms with Crippen molar-refractivity contribution in [3.63, 3.8) is 0 Å². The zero-order chi connectivity index (χ0) is 9.40. The lowest BCUT2D eigenvalue weighted by Gasteiger charge is -2.13. The van der Waals surface area contributed by atoms with E-state index >= 15 is 0 Å². The Kier molecular flexibility index (Phi) is 7.61. The minimum atomic E-state index is -0.160. The summed E-state index contributed by atoms with van der Waals surface area (Å²) >= 11 is 1.75. The first-order valence-corrected chi connectivity index (χ1v) is 5.78. The summed E-state index contributed by atoms with van der Waals surface area (Å²) in [6.07, 6.45) is 3.31. The number of hydrogen-bond acceptors (Lipinski definition) is 3. The van der Waals surface area contributed by atoms with Crippen molar-refractivity contribution < 1.29 is 9.53 Å². The van der Waals surface area contributed by atoms with E-state index in [0.29, 0.717) is 13.0 Å². The van der Waals surface area contributed by atoms with Gasteiger partial charge in [-0.15, -0.1) is 0 Å². The zero-order valence-electron chi connectivity index (χ0n) is 8.13. The van der Waals surface area contributed by atoms with Gasteiger partial charge < -0.3 is 4.74 Å². The van der Waals surface area contributed by atoms with Crippen LogP contribution >= 0.6 is 11.8 Å². The van der Waals surface area contributed by atoms with Crippen LogP contribution in [0.25, 0.3) is 0 Å². The molecule has 0 aliphatic carbocycles.